The smallest absolute Gasteiger partial charge is 0.193 e. The SMILES string of the molecule is CN=C(NCCCn1nc(C)cc1C)N1CCC2C(CCCN2Cc2ccccc2)C1. The Kier molecular flexibility index (Phi) is 7.28. The molecule has 2 atom stereocenters. The van der Waals surface area contributed by atoms with Crippen LogP contribution in [0.3, 0.4) is 0 Å². The molecule has 4 rings (SSSR count). The molecular weight excluding hydrogens is 384 g/mol. The van der Waals surface area contributed by atoms with Gasteiger partial charge in [-0.3, -0.25) is 14.6 Å². The number of nitrogens with zero attached hydrogens (tertiary/aromatic N) is 5. The number of guanidine groups is 1. The lowest BCUT2D eigenvalue weighted by atomic mass is 9.83. The maximum atomic E-state index is 4.60. The Hall–Kier alpha value is -2.34. The highest BCUT2D eigenvalue weighted by atomic mass is 15.3. The van der Waals surface area contributed by atoms with E-state index in [1.54, 1.807) is 0 Å². The van der Waals surface area contributed by atoms with Crippen molar-refractivity contribution in [1.82, 2.24) is 24.9 Å². The predicted octanol–water partition coefficient (Wildman–Crippen LogP) is 3.45. The van der Waals surface area contributed by atoms with Gasteiger partial charge in [0.25, 0.3) is 0 Å². The van der Waals surface area contributed by atoms with Crippen LogP contribution >= 0.6 is 0 Å². The van der Waals surface area contributed by atoms with Crippen molar-refractivity contribution in [1.29, 1.82) is 0 Å². The molecule has 3 heterocycles. The molecule has 1 N–H and O–H groups in total. The van der Waals surface area contributed by atoms with Gasteiger partial charge in [0, 0.05) is 51.5 Å². The predicted molar refractivity (Wildman–Crippen MR) is 127 cm³/mol. The summed E-state index contributed by atoms with van der Waals surface area (Å²) in [6, 6.07) is 13.8. The molecule has 0 saturated carbocycles. The molecule has 2 fully saturated rings. The van der Waals surface area contributed by atoms with Gasteiger partial charge in [-0.2, -0.15) is 5.10 Å². The van der Waals surface area contributed by atoms with Crippen LogP contribution < -0.4 is 5.32 Å². The van der Waals surface area contributed by atoms with E-state index >= 15 is 0 Å². The van der Waals surface area contributed by atoms with Crippen LogP contribution in [-0.4, -0.2) is 64.8 Å². The molecule has 0 bridgehead atoms. The minimum atomic E-state index is 0.703. The summed E-state index contributed by atoms with van der Waals surface area (Å²) >= 11 is 0. The van der Waals surface area contributed by atoms with Crippen molar-refractivity contribution in [3.8, 4) is 0 Å². The molecule has 2 aromatic rings. The van der Waals surface area contributed by atoms with Gasteiger partial charge in [-0.25, -0.2) is 0 Å². The second-order valence-electron chi connectivity index (χ2n) is 9.14. The number of piperidine rings is 2. The summed E-state index contributed by atoms with van der Waals surface area (Å²) in [5.74, 6) is 1.80. The van der Waals surface area contributed by atoms with Gasteiger partial charge in [0.1, 0.15) is 0 Å². The van der Waals surface area contributed by atoms with Crippen LogP contribution in [0.1, 0.15) is 42.6 Å². The summed E-state index contributed by atoms with van der Waals surface area (Å²) in [7, 11) is 1.91. The molecule has 2 aliphatic heterocycles. The topological polar surface area (TPSA) is 48.7 Å². The lowest BCUT2D eigenvalue weighted by Crippen LogP contribution is -2.56. The second kappa shape index (κ2) is 10.3. The largest absolute Gasteiger partial charge is 0.356 e. The van der Waals surface area contributed by atoms with Gasteiger partial charge in [0.15, 0.2) is 5.96 Å². The van der Waals surface area contributed by atoms with Gasteiger partial charge in [0.05, 0.1) is 5.69 Å². The van der Waals surface area contributed by atoms with Crippen molar-refractivity contribution >= 4 is 5.96 Å². The van der Waals surface area contributed by atoms with E-state index in [4.69, 9.17) is 0 Å². The Morgan fingerprint density at radius 1 is 1.16 bits per heavy atom. The first-order valence-electron chi connectivity index (χ1n) is 11.9. The van der Waals surface area contributed by atoms with Crippen LogP contribution in [0.2, 0.25) is 0 Å². The number of aryl methyl sites for hydroxylation is 3. The zero-order valence-electron chi connectivity index (χ0n) is 19.4. The van der Waals surface area contributed by atoms with Gasteiger partial charge >= 0.3 is 0 Å². The van der Waals surface area contributed by atoms with Crippen molar-refractivity contribution in [2.45, 2.75) is 58.7 Å². The van der Waals surface area contributed by atoms with Crippen LogP contribution in [0.5, 0.6) is 0 Å². The highest BCUT2D eigenvalue weighted by molar-refractivity contribution is 5.80. The molecule has 6 heteroatoms. The van der Waals surface area contributed by atoms with Gasteiger partial charge < -0.3 is 10.2 Å². The van der Waals surface area contributed by atoms with Crippen molar-refractivity contribution in [3.05, 3.63) is 53.3 Å². The van der Waals surface area contributed by atoms with Gasteiger partial charge in [-0.15, -0.1) is 0 Å². The Bertz CT molecular complexity index is 858. The zero-order chi connectivity index (χ0) is 21.6. The second-order valence-corrected chi connectivity index (χ2v) is 9.14. The zero-order valence-corrected chi connectivity index (χ0v) is 19.4. The van der Waals surface area contributed by atoms with Crippen LogP contribution in [0, 0.1) is 19.8 Å². The summed E-state index contributed by atoms with van der Waals surface area (Å²) in [5, 5.41) is 8.17. The first-order valence-corrected chi connectivity index (χ1v) is 11.9. The molecule has 2 unspecified atom stereocenters. The quantitative estimate of drug-likeness (QED) is 0.440. The van der Waals surface area contributed by atoms with E-state index in [2.05, 4.69) is 80.1 Å². The fourth-order valence-corrected chi connectivity index (χ4v) is 5.38. The van der Waals surface area contributed by atoms with E-state index in [1.165, 1.54) is 37.1 Å². The van der Waals surface area contributed by atoms with Crippen molar-refractivity contribution < 1.29 is 0 Å². The number of fused-ring (bicyclic) bond motifs is 1. The minimum absolute atomic E-state index is 0.703. The van der Waals surface area contributed by atoms with Gasteiger partial charge in [-0.05, 0) is 63.6 Å². The summed E-state index contributed by atoms with van der Waals surface area (Å²) in [6.07, 6.45) is 4.91. The maximum absolute atomic E-state index is 4.60. The number of likely N-dealkylation sites (tertiary alicyclic amines) is 2. The fourth-order valence-electron chi connectivity index (χ4n) is 5.38. The van der Waals surface area contributed by atoms with E-state index in [0.29, 0.717) is 6.04 Å². The number of aliphatic imine (C=N–C) groups is 1. The molecule has 31 heavy (non-hydrogen) atoms. The lowest BCUT2D eigenvalue weighted by molar-refractivity contribution is 0.0372. The van der Waals surface area contributed by atoms with E-state index in [1.807, 2.05) is 7.05 Å². The van der Waals surface area contributed by atoms with Crippen LogP contribution in [0.15, 0.2) is 41.4 Å². The summed E-state index contributed by atoms with van der Waals surface area (Å²) in [6.45, 7) is 10.6. The molecule has 0 amide bonds. The van der Waals surface area contributed by atoms with E-state index in [9.17, 15) is 0 Å². The standard InChI is InChI=1S/C25H38N6/c1-20-17-21(2)31(28-20)15-8-13-27-25(26-3)30-16-12-24-23(19-30)11-7-14-29(24)18-22-9-5-4-6-10-22/h4-6,9-10,17,23-24H,7-8,11-16,18-19H2,1-3H3,(H,26,27). The lowest BCUT2D eigenvalue weighted by Gasteiger charge is -2.48. The molecule has 0 aliphatic carbocycles. The van der Waals surface area contributed by atoms with Crippen molar-refractivity contribution in [3.63, 3.8) is 0 Å². The highest BCUT2D eigenvalue weighted by Gasteiger charge is 2.36. The molecule has 6 nitrogen and oxygen atoms in total. The van der Waals surface area contributed by atoms with Crippen molar-refractivity contribution in [2.75, 3.05) is 33.2 Å². The number of hydrogen-bond acceptors (Lipinski definition) is 3. The minimum Gasteiger partial charge on any atom is -0.356 e. The fraction of sp³-hybridized carbons (Fsp3) is 0.600. The molecule has 1 aromatic heterocycles. The Morgan fingerprint density at radius 3 is 2.74 bits per heavy atom. The third-order valence-electron chi connectivity index (χ3n) is 6.86. The third kappa shape index (κ3) is 5.48. The summed E-state index contributed by atoms with van der Waals surface area (Å²) in [4.78, 5) is 9.81. The average molecular weight is 423 g/mol. The third-order valence-corrected chi connectivity index (χ3v) is 6.86. The molecule has 2 aliphatic rings. The molecule has 168 valence electrons. The number of benzene rings is 1. The van der Waals surface area contributed by atoms with Crippen molar-refractivity contribution in [2.24, 2.45) is 10.9 Å². The molecule has 2 saturated heterocycles. The monoisotopic (exact) mass is 422 g/mol. The first-order chi connectivity index (χ1) is 15.1. The van der Waals surface area contributed by atoms with E-state index in [0.717, 1.165) is 56.7 Å². The summed E-state index contributed by atoms with van der Waals surface area (Å²) in [5.41, 5.74) is 3.77. The number of hydrogen-bond donors (Lipinski definition) is 1. The molecule has 1 aromatic carbocycles. The maximum Gasteiger partial charge on any atom is 0.193 e. The molecule has 0 radical (unpaired) electrons. The number of nitrogens with one attached hydrogen (secondary N) is 1. The highest BCUT2D eigenvalue weighted by Crippen LogP contribution is 2.31. The van der Waals surface area contributed by atoms with Crippen LogP contribution in [0.25, 0.3) is 0 Å². The van der Waals surface area contributed by atoms with E-state index < -0.39 is 0 Å². The normalized spacial score (nSPS) is 22.4. The van der Waals surface area contributed by atoms with Gasteiger partial charge in [0.2, 0.25) is 0 Å². The van der Waals surface area contributed by atoms with Crippen LogP contribution in [0.4, 0.5) is 0 Å². The van der Waals surface area contributed by atoms with Crippen LogP contribution in [-0.2, 0) is 13.1 Å². The molecule has 0 spiro atoms. The van der Waals surface area contributed by atoms with E-state index in [-0.39, 0.29) is 0 Å². The number of aromatic nitrogens is 2. The number of rotatable bonds is 6. The molecular formula is C25H38N6. The Morgan fingerprint density at radius 2 is 2.00 bits per heavy atom. The van der Waals surface area contributed by atoms with Gasteiger partial charge in [-0.1, -0.05) is 30.3 Å². The Labute approximate surface area is 187 Å². The summed E-state index contributed by atoms with van der Waals surface area (Å²) < 4.78 is 2.11. The first kappa shape index (κ1) is 21.9. The Balaban J connectivity index is 1.27. The average Bonchev–Trinajstić information content (AvgIpc) is 3.11.